The lowest BCUT2D eigenvalue weighted by molar-refractivity contribution is -0.116. The highest BCUT2D eigenvalue weighted by molar-refractivity contribution is 7.85. The molecule has 2 aromatic rings. The van der Waals surface area contributed by atoms with Crippen LogP contribution in [0, 0.1) is 0 Å². The van der Waals surface area contributed by atoms with Crippen LogP contribution >= 0.6 is 23.2 Å². The Kier molecular flexibility index (Phi) is 5.35. The van der Waals surface area contributed by atoms with E-state index in [0.717, 1.165) is 5.56 Å². The lowest BCUT2D eigenvalue weighted by Gasteiger charge is -2.04. The molecule has 1 atom stereocenters. The second-order valence-corrected chi connectivity index (χ2v) is 6.53. The van der Waals surface area contributed by atoms with Crippen LogP contribution in [0.5, 0.6) is 0 Å². The molecular weight excluding hydrogens is 315 g/mol. The van der Waals surface area contributed by atoms with Gasteiger partial charge in [-0.3, -0.25) is 9.00 Å². The maximum atomic E-state index is 12.1. The van der Waals surface area contributed by atoms with Gasteiger partial charge in [-0.25, -0.2) is 0 Å². The summed E-state index contributed by atoms with van der Waals surface area (Å²) in [6.07, 6.45) is 0.286. The molecule has 0 saturated heterocycles. The molecule has 0 saturated carbocycles. The molecule has 2 aromatic carbocycles. The van der Waals surface area contributed by atoms with Crippen molar-refractivity contribution in [3.8, 4) is 0 Å². The Morgan fingerprint density at radius 2 is 1.70 bits per heavy atom. The largest absolute Gasteiger partial charge is 0.298 e. The maximum absolute atomic E-state index is 12.1. The Labute approximate surface area is 130 Å². The predicted octanol–water partition coefficient (Wildman–Crippen LogP) is 3.91. The number of carbonyl (C=O) groups is 1. The number of halogens is 2. The van der Waals surface area contributed by atoms with Gasteiger partial charge >= 0.3 is 0 Å². The first-order valence-electron chi connectivity index (χ1n) is 5.95. The second kappa shape index (κ2) is 7.02. The summed E-state index contributed by atoms with van der Waals surface area (Å²) in [7, 11) is -1.40. The molecule has 0 aliphatic carbocycles. The van der Waals surface area contributed by atoms with Crippen molar-refractivity contribution in [3.63, 3.8) is 0 Å². The minimum absolute atomic E-state index is 0.0210. The molecule has 0 amide bonds. The van der Waals surface area contributed by atoms with E-state index in [1.165, 1.54) is 6.07 Å². The summed E-state index contributed by atoms with van der Waals surface area (Å²) in [6.45, 7) is 0. The van der Waals surface area contributed by atoms with Gasteiger partial charge in [-0.05, 0) is 23.8 Å². The fourth-order valence-corrected chi connectivity index (χ4v) is 3.12. The van der Waals surface area contributed by atoms with E-state index in [2.05, 4.69) is 0 Å². The zero-order valence-electron chi connectivity index (χ0n) is 10.5. The smallest absolute Gasteiger partial charge is 0.150 e. The summed E-state index contributed by atoms with van der Waals surface area (Å²) in [6, 6.07) is 14.1. The maximum Gasteiger partial charge on any atom is 0.150 e. The summed E-state index contributed by atoms with van der Waals surface area (Å²) in [5, 5.41) is 0.746. The molecule has 2 nitrogen and oxygen atoms in total. The van der Waals surface area contributed by atoms with Gasteiger partial charge < -0.3 is 0 Å². The molecule has 0 aliphatic rings. The normalized spacial score (nSPS) is 12.1. The van der Waals surface area contributed by atoms with E-state index in [-0.39, 0.29) is 18.0 Å². The van der Waals surface area contributed by atoms with Crippen LogP contribution in [0.25, 0.3) is 0 Å². The molecule has 0 fully saturated rings. The highest BCUT2D eigenvalue weighted by atomic mass is 35.5. The SMILES string of the molecule is O=C(Cc1ccccc1)CS(=O)c1ccc(Cl)c(Cl)c1. The van der Waals surface area contributed by atoms with E-state index >= 15 is 0 Å². The van der Waals surface area contributed by atoms with Crippen molar-refractivity contribution in [2.75, 3.05) is 5.75 Å². The van der Waals surface area contributed by atoms with Crippen LogP contribution in [0.1, 0.15) is 5.56 Å². The van der Waals surface area contributed by atoms with Gasteiger partial charge in [-0.1, -0.05) is 53.5 Å². The Bertz CT molecular complexity index is 642. The van der Waals surface area contributed by atoms with Crippen LogP contribution in [0.4, 0.5) is 0 Å². The fraction of sp³-hybridized carbons (Fsp3) is 0.133. The minimum Gasteiger partial charge on any atom is -0.298 e. The molecule has 0 aliphatic heterocycles. The van der Waals surface area contributed by atoms with Gasteiger partial charge in [-0.15, -0.1) is 0 Å². The number of hydrogen-bond donors (Lipinski definition) is 0. The quantitative estimate of drug-likeness (QED) is 0.834. The molecule has 0 bridgehead atoms. The lowest BCUT2D eigenvalue weighted by atomic mass is 10.1. The summed E-state index contributed by atoms with van der Waals surface area (Å²) in [5.74, 6) is -0.0899. The van der Waals surface area contributed by atoms with Crippen LogP contribution in [-0.4, -0.2) is 15.7 Å². The molecule has 0 N–H and O–H groups in total. The molecule has 2 rings (SSSR count). The number of hydrogen-bond acceptors (Lipinski definition) is 2. The van der Waals surface area contributed by atoms with E-state index in [1.807, 2.05) is 30.3 Å². The average molecular weight is 327 g/mol. The van der Waals surface area contributed by atoms with E-state index in [0.29, 0.717) is 14.9 Å². The van der Waals surface area contributed by atoms with E-state index in [1.54, 1.807) is 12.1 Å². The zero-order valence-corrected chi connectivity index (χ0v) is 12.8. The lowest BCUT2D eigenvalue weighted by Crippen LogP contribution is -2.13. The molecule has 1 unspecified atom stereocenters. The van der Waals surface area contributed by atoms with Crippen LogP contribution in [0.3, 0.4) is 0 Å². The third-order valence-corrected chi connectivity index (χ3v) is 4.79. The van der Waals surface area contributed by atoms with E-state index in [9.17, 15) is 9.00 Å². The standard InChI is InChI=1S/C15H12Cl2O2S/c16-14-7-6-13(9-15(14)17)20(19)10-12(18)8-11-4-2-1-3-5-11/h1-7,9H,8,10H2. The topological polar surface area (TPSA) is 34.1 Å². The molecule has 5 heteroatoms. The monoisotopic (exact) mass is 326 g/mol. The van der Waals surface area contributed by atoms with E-state index < -0.39 is 10.8 Å². The molecule has 0 aromatic heterocycles. The van der Waals surface area contributed by atoms with Crippen LogP contribution in [-0.2, 0) is 22.0 Å². The molecule has 0 heterocycles. The average Bonchev–Trinajstić information content (AvgIpc) is 2.42. The molecular formula is C15H12Cl2O2S. The number of rotatable bonds is 5. The van der Waals surface area contributed by atoms with Crippen molar-refractivity contribution in [1.82, 2.24) is 0 Å². The zero-order chi connectivity index (χ0) is 14.5. The number of ketones is 1. The van der Waals surface area contributed by atoms with Crippen molar-refractivity contribution in [3.05, 3.63) is 64.1 Å². The van der Waals surface area contributed by atoms with Crippen molar-refractivity contribution in [1.29, 1.82) is 0 Å². The van der Waals surface area contributed by atoms with Gasteiger partial charge in [0.2, 0.25) is 0 Å². The van der Waals surface area contributed by atoms with Gasteiger partial charge in [0, 0.05) is 11.3 Å². The molecule has 0 radical (unpaired) electrons. The van der Waals surface area contributed by atoms with Crippen molar-refractivity contribution < 1.29 is 9.00 Å². The van der Waals surface area contributed by atoms with Crippen LogP contribution < -0.4 is 0 Å². The second-order valence-electron chi connectivity index (χ2n) is 4.27. The highest BCUT2D eigenvalue weighted by Crippen LogP contribution is 2.24. The molecule has 0 spiro atoms. The van der Waals surface area contributed by atoms with E-state index in [4.69, 9.17) is 23.2 Å². The van der Waals surface area contributed by atoms with Crippen LogP contribution in [0.15, 0.2) is 53.4 Å². The third kappa shape index (κ3) is 4.17. The summed E-state index contributed by atoms with van der Waals surface area (Å²) >= 11 is 11.7. The number of Topliss-reactive ketones (excluding diaryl/α,β-unsaturated/α-hetero) is 1. The summed E-state index contributed by atoms with van der Waals surface area (Å²) in [4.78, 5) is 12.4. The van der Waals surface area contributed by atoms with Gasteiger partial charge in [-0.2, -0.15) is 0 Å². The van der Waals surface area contributed by atoms with Crippen molar-refractivity contribution in [2.24, 2.45) is 0 Å². The first kappa shape index (κ1) is 15.2. The van der Waals surface area contributed by atoms with Crippen molar-refractivity contribution in [2.45, 2.75) is 11.3 Å². The Hall–Kier alpha value is -1.16. The van der Waals surface area contributed by atoms with Crippen LogP contribution in [0.2, 0.25) is 10.0 Å². The third-order valence-electron chi connectivity index (χ3n) is 2.69. The van der Waals surface area contributed by atoms with Gasteiger partial charge in [0.25, 0.3) is 0 Å². The Morgan fingerprint density at radius 1 is 1.00 bits per heavy atom. The fourth-order valence-electron chi connectivity index (χ4n) is 1.72. The Balaban J connectivity index is 2.00. The first-order valence-corrected chi connectivity index (χ1v) is 8.03. The Morgan fingerprint density at radius 3 is 2.35 bits per heavy atom. The number of carbonyl (C=O) groups excluding carboxylic acids is 1. The highest BCUT2D eigenvalue weighted by Gasteiger charge is 2.12. The minimum atomic E-state index is -1.40. The summed E-state index contributed by atoms with van der Waals surface area (Å²) in [5.41, 5.74) is 0.920. The number of benzene rings is 2. The van der Waals surface area contributed by atoms with Gasteiger partial charge in [0.05, 0.1) is 26.6 Å². The predicted molar refractivity (Wildman–Crippen MR) is 82.9 cm³/mol. The first-order chi connectivity index (χ1) is 9.56. The molecule has 20 heavy (non-hydrogen) atoms. The van der Waals surface area contributed by atoms with Gasteiger partial charge in [0.1, 0.15) is 5.78 Å². The molecule has 104 valence electrons. The van der Waals surface area contributed by atoms with Gasteiger partial charge in [0.15, 0.2) is 0 Å². The van der Waals surface area contributed by atoms with Crippen molar-refractivity contribution >= 4 is 39.8 Å². The summed E-state index contributed by atoms with van der Waals surface area (Å²) < 4.78 is 12.1.